The minimum Gasteiger partial charge on any atom is -0.481 e. The summed E-state index contributed by atoms with van der Waals surface area (Å²) in [5.41, 5.74) is 8.20. The monoisotopic (exact) mass is 293 g/mol. The lowest BCUT2D eigenvalue weighted by molar-refractivity contribution is 0.277. The molecule has 1 aliphatic rings. The number of hydrogen-bond acceptors (Lipinski definition) is 3. The highest BCUT2D eigenvalue weighted by Crippen LogP contribution is 2.23. The number of aliphatic imine (C=N–C) groups is 1. The van der Waals surface area contributed by atoms with Gasteiger partial charge in [0, 0.05) is 20.1 Å². The zero-order valence-electron chi connectivity index (χ0n) is 13.6. The molecule has 1 aromatic heterocycles. The first-order valence-electron chi connectivity index (χ1n) is 7.70. The van der Waals surface area contributed by atoms with Gasteiger partial charge in [0.2, 0.25) is 5.88 Å². The van der Waals surface area contributed by atoms with E-state index in [9.17, 15) is 0 Å². The normalized spacial score (nSPS) is 17.3. The lowest BCUT2D eigenvalue weighted by Crippen LogP contribution is -2.42. The van der Waals surface area contributed by atoms with Gasteiger partial charge in [0.15, 0.2) is 5.96 Å². The summed E-state index contributed by atoms with van der Waals surface area (Å²) in [5, 5.41) is 4.47. The summed E-state index contributed by atoms with van der Waals surface area (Å²) >= 11 is 0. The number of rotatable bonds is 4. The number of nitrogens with zero attached hydrogens (tertiary/aromatic N) is 4. The lowest BCUT2D eigenvalue weighted by atomic mass is 10.00. The van der Waals surface area contributed by atoms with Gasteiger partial charge in [0.1, 0.15) is 0 Å². The molecule has 1 aliphatic heterocycles. The summed E-state index contributed by atoms with van der Waals surface area (Å²) in [5.74, 6) is 2.20. The maximum atomic E-state index is 6.14. The summed E-state index contributed by atoms with van der Waals surface area (Å²) < 4.78 is 7.19. The number of piperidine rings is 1. The van der Waals surface area contributed by atoms with Crippen LogP contribution in [0.4, 0.5) is 0 Å². The van der Waals surface area contributed by atoms with Crippen LogP contribution in [-0.4, -0.2) is 40.8 Å². The van der Waals surface area contributed by atoms with Crippen molar-refractivity contribution in [3.63, 3.8) is 0 Å². The molecule has 1 fully saturated rings. The van der Waals surface area contributed by atoms with Gasteiger partial charge >= 0.3 is 0 Å². The molecule has 0 amide bonds. The number of aryl methyl sites for hydroxylation is 2. The lowest BCUT2D eigenvalue weighted by Gasteiger charge is -2.31. The highest BCUT2D eigenvalue weighted by atomic mass is 16.5. The van der Waals surface area contributed by atoms with E-state index in [1.54, 1.807) is 11.8 Å². The molecule has 2 heterocycles. The van der Waals surface area contributed by atoms with E-state index in [0.717, 1.165) is 42.6 Å². The van der Waals surface area contributed by atoms with E-state index in [4.69, 9.17) is 10.5 Å². The Labute approximate surface area is 127 Å². The maximum Gasteiger partial charge on any atom is 0.216 e. The molecule has 0 saturated carbocycles. The van der Waals surface area contributed by atoms with Crippen molar-refractivity contribution in [3.05, 3.63) is 11.3 Å². The van der Waals surface area contributed by atoms with Crippen molar-refractivity contribution >= 4 is 5.96 Å². The Morgan fingerprint density at radius 2 is 2.10 bits per heavy atom. The number of likely N-dealkylation sites (tertiary alicyclic amines) is 1. The van der Waals surface area contributed by atoms with Gasteiger partial charge in [0.05, 0.1) is 24.9 Å². The third-order valence-electron chi connectivity index (χ3n) is 4.21. The topological polar surface area (TPSA) is 68.7 Å². The number of nitrogens with two attached hydrogens (primary N) is 1. The van der Waals surface area contributed by atoms with Crippen molar-refractivity contribution in [3.8, 4) is 5.88 Å². The fourth-order valence-electron chi connectivity index (χ4n) is 2.80. The van der Waals surface area contributed by atoms with Gasteiger partial charge in [-0.15, -0.1) is 0 Å². The number of aromatic nitrogens is 2. The highest BCUT2D eigenvalue weighted by molar-refractivity contribution is 5.78. The van der Waals surface area contributed by atoms with Gasteiger partial charge in [-0.25, -0.2) is 9.67 Å². The molecule has 21 heavy (non-hydrogen) atoms. The Morgan fingerprint density at radius 3 is 2.67 bits per heavy atom. The van der Waals surface area contributed by atoms with Crippen molar-refractivity contribution < 1.29 is 4.74 Å². The maximum absolute atomic E-state index is 6.14. The molecule has 0 unspecified atom stereocenters. The summed E-state index contributed by atoms with van der Waals surface area (Å²) in [7, 11) is 3.56. The Bertz CT molecular complexity index is 500. The Kier molecular flexibility index (Phi) is 5.09. The van der Waals surface area contributed by atoms with Gasteiger partial charge in [-0.2, -0.15) is 5.10 Å². The molecule has 118 valence electrons. The minimum atomic E-state index is 0.526. The Balaban J connectivity index is 2.09. The molecule has 1 aromatic rings. The molecule has 1 saturated heterocycles. The summed E-state index contributed by atoms with van der Waals surface area (Å²) in [6.07, 6.45) is 3.24. The number of ether oxygens (including phenoxy) is 1. The van der Waals surface area contributed by atoms with E-state index in [0.29, 0.717) is 12.5 Å². The first kappa shape index (κ1) is 15.7. The van der Waals surface area contributed by atoms with Crippen LogP contribution in [0.3, 0.4) is 0 Å². The second kappa shape index (κ2) is 6.83. The molecule has 0 spiro atoms. The molecule has 2 N–H and O–H groups in total. The van der Waals surface area contributed by atoms with Crippen molar-refractivity contribution in [1.29, 1.82) is 0 Å². The summed E-state index contributed by atoms with van der Waals surface area (Å²) in [6, 6.07) is 0. The van der Waals surface area contributed by atoms with Crippen molar-refractivity contribution in [2.24, 2.45) is 23.7 Å². The second-order valence-corrected chi connectivity index (χ2v) is 5.76. The van der Waals surface area contributed by atoms with E-state index in [2.05, 4.69) is 28.8 Å². The zero-order chi connectivity index (χ0) is 15.4. The Hall–Kier alpha value is -1.72. The fraction of sp³-hybridized carbons (Fsp3) is 0.733. The third kappa shape index (κ3) is 3.49. The largest absolute Gasteiger partial charge is 0.481 e. The van der Waals surface area contributed by atoms with Crippen LogP contribution in [0.1, 0.15) is 37.9 Å². The molecule has 0 radical (unpaired) electrons. The van der Waals surface area contributed by atoms with Crippen LogP contribution < -0.4 is 10.5 Å². The van der Waals surface area contributed by atoms with Crippen LogP contribution in [0, 0.1) is 5.92 Å². The quantitative estimate of drug-likeness (QED) is 0.675. The van der Waals surface area contributed by atoms with Crippen molar-refractivity contribution in [2.75, 3.05) is 20.2 Å². The fourth-order valence-corrected chi connectivity index (χ4v) is 2.80. The second-order valence-electron chi connectivity index (χ2n) is 5.76. The summed E-state index contributed by atoms with van der Waals surface area (Å²) in [4.78, 5) is 6.74. The molecule has 6 nitrogen and oxygen atoms in total. The van der Waals surface area contributed by atoms with Crippen molar-refractivity contribution in [2.45, 2.75) is 39.7 Å². The first-order chi connectivity index (χ1) is 10.1. The van der Waals surface area contributed by atoms with Crippen molar-refractivity contribution in [1.82, 2.24) is 14.7 Å². The van der Waals surface area contributed by atoms with E-state index in [-0.39, 0.29) is 0 Å². The van der Waals surface area contributed by atoms with Gasteiger partial charge in [-0.3, -0.25) is 0 Å². The average Bonchev–Trinajstić information content (AvgIpc) is 2.80. The molecule has 0 aromatic carbocycles. The molecule has 2 rings (SSSR count). The van der Waals surface area contributed by atoms with E-state index in [1.807, 2.05) is 7.05 Å². The van der Waals surface area contributed by atoms with Gasteiger partial charge in [-0.1, -0.05) is 13.8 Å². The molecular formula is C15H27N5O. The SMILES string of the molecule is CCc1nn(C)c(OC)c1CN=C(N)N1CCC(C)CC1. The van der Waals surface area contributed by atoms with Crippen LogP contribution in [-0.2, 0) is 20.0 Å². The molecule has 0 aliphatic carbocycles. The van der Waals surface area contributed by atoms with E-state index < -0.39 is 0 Å². The molecule has 6 heteroatoms. The minimum absolute atomic E-state index is 0.526. The summed E-state index contributed by atoms with van der Waals surface area (Å²) in [6.45, 7) is 6.91. The number of methoxy groups -OCH3 is 1. The number of guanidine groups is 1. The third-order valence-corrected chi connectivity index (χ3v) is 4.21. The highest BCUT2D eigenvalue weighted by Gasteiger charge is 2.18. The van der Waals surface area contributed by atoms with Gasteiger partial charge in [0.25, 0.3) is 0 Å². The van der Waals surface area contributed by atoms with Crippen LogP contribution in [0.15, 0.2) is 4.99 Å². The van der Waals surface area contributed by atoms with Gasteiger partial charge < -0.3 is 15.4 Å². The molecule has 0 bridgehead atoms. The standard InChI is InChI=1S/C15H27N5O/c1-5-13-12(14(21-4)19(3)18-13)10-17-15(16)20-8-6-11(2)7-9-20/h11H,5-10H2,1-4H3,(H2,16,17). The van der Waals surface area contributed by atoms with E-state index in [1.165, 1.54) is 12.8 Å². The smallest absolute Gasteiger partial charge is 0.216 e. The van der Waals surface area contributed by atoms with Crippen LogP contribution in [0.5, 0.6) is 5.88 Å². The van der Waals surface area contributed by atoms with Crippen LogP contribution in [0.2, 0.25) is 0 Å². The van der Waals surface area contributed by atoms with Gasteiger partial charge in [-0.05, 0) is 25.2 Å². The van der Waals surface area contributed by atoms with Crippen LogP contribution in [0.25, 0.3) is 0 Å². The first-order valence-corrected chi connectivity index (χ1v) is 7.70. The predicted molar refractivity (Wildman–Crippen MR) is 84.4 cm³/mol. The zero-order valence-corrected chi connectivity index (χ0v) is 13.6. The Morgan fingerprint density at radius 1 is 1.43 bits per heavy atom. The number of hydrogen-bond donors (Lipinski definition) is 1. The molecular weight excluding hydrogens is 266 g/mol. The average molecular weight is 293 g/mol. The predicted octanol–water partition coefficient (Wildman–Crippen LogP) is 1.54. The van der Waals surface area contributed by atoms with Crippen LogP contribution >= 0.6 is 0 Å². The molecule has 0 atom stereocenters. The van der Waals surface area contributed by atoms with E-state index >= 15 is 0 Å².